The molecule has 6 nitrogen and oxygen atoms in total. The Labute approximate surface area is 176 Å². The lowest BCUT2D eigenvalue weighted by Gasteiger charge is -2.09. The van der Waals surface area contributed by atoms with Gasteiger partial charge >= 0.3 is 0 Å². The second kappa shape index (κ2) is 9.75. The van der Waals surface area contributed by atoms with Crippen LogP contribution in [0.4, 0.5) is 0 Å². The number of methoxy groups -OCH3 is 1. The lowest BCUT2D eigenvalue weighted by Crippen LogP contribution is -2.08. The Bertz CT molecular complexity index is 927. The standard InChI is InChI=1S/C20H20BrN3O3S/c1-3-24-19(12-27-17-10-8-16(26-2)9-11-17)22-23-20(24)28-13-18(25)14-4-6-15(21)7-5-14/h4-11H,3,12-13H2,1-2H3. The van der Waals surface area contributed by atoms with Gasteiger partial charge in [-0.15, -0.1) is 10.2 Å². The number of hydrogen-bond donors (Lipinski definition) is 0. The number of Topliss-reactive ketones (excluding diaryl/α,β-unsaturated/α-hetero) is 1. The van der Waals surface area contributed by atoms with Crippen molar-refractivity contribution in [1.82, 2.24) is 14.8 Å². The van der Waals surface area contributed by atoms with Crippen molar-refractivity contribution in [2.45, 2.75) is 25.2 Å². The predicted molar refractivity (Wildman–Crippen MR) is 112 cm³/mol. The summed E-state index contributed by atoms with van der Waals surface area (Å²) in [5.74, 6) is 2.58. The molecule has 0 aliphatic rings. The third kappa shape index (κ3) is 5.14. The molecule has 0 spiro atoms. The third-order valence-electron chi connectivity index (χ3n) is 4.04. The molecule has 8 heteroatoms. The number of carbonyl (C=O) groups excluding carboxylic acids is 1. The Balaban J connectivity index is 1.60. The van der Waals surface area contributed by atoms with E-state index in [1.165, 1.54) is 11.8 Å². The summed E-state index contributed by atoms with van der Waals surface area (Å²) in [5.41, 5.74) is 0.682. The number of hydrogen-bond acceptors (Lipinski definition) is 6. The van der Waals surface area contributed by atoms with Gasteiger partial charge in [-0.05, 0) is 43.3 Å². The summed E-state index contributed by atoms with van der Waals surface area (Å²) in [6, 6.07) is 14.7. The molecule has 0 aliphatic carbocycles. The minimum atomic E-state index is 0.0548. The van der Waals surface area contributed by atoms with Crippen LogP contribution in [0.5, 0.6) is 11.5 Å². The molecule has 146 valence electrons. The van der Waals surface area contributed by atoms with Crippen molar-refractivity contribution in [1.29, 1.82) is 0 Å². The minimum Gasteiger partial charge on any atom is -0.497 e. The molecule has 3 aromatic rings. The average molecular weight is 462 g/mol. The number of benzene rings is 2. The average Bonchev–Trinajstić information content (AvgIpc) is 3.13. The van der Waals surface area contributed by atoms with Crippen LogP contribution in [0, 0.1) is 0 Å². The number of ether oxygens (including phenoxy) is 2. The van der Waals surface area contributed by atoms with Crippen LogP contribution in [0.15, 0.2) is 58.2 Å². The summed E-state index contributed by atoms with van der Waals surface area (Å²) >= 11 is 4.76. The molecule has 1 heterocycles. The SMILES string of the molecule is CCn1c(COc2ccc(OC)cc2)nnc1SCC(=O)c1ccc(Br)cc1. The first-order valence-corrected chi connectivity index (χ1v) is 10.5. The van der Waals surface area contributed by atoms with Gasteiger partial charge in [-0.1, -0.05) is 39.8 Å². The molecule has 0 aliphatic heterocycles. The van der Waals surface area contributed by atoms with E-state index in [-0.39, 0.29) is 5.78 Å². The molecule has 0 saturated carbocycles. The topological polar surface area (TPSA) is 66.2 Å². The molecule has 0 bridgehead atoms. The number of rotatable bonds is 9. The zero-order chi connectivity index (χ0) is 19.9. The van der Waals surface area contributed by atoms with Crippen LogP contribution >= 0.6 is 27.7 Å². The smallest absolute Gasteiger partial charge is 0.191 e. The van der Waals surface area contributed by atoms with Crippen molar-refractivity contribution in [3.05, 3.63) is 64.4 Å². The quantitative estimate of drug-likeness (QED) is 0.342. The van der Waals surface area contributed by atoms with E-state index < -0.39 is 0 Å². The molecule has 0 unspecified atom stereocenters. The van der Waals surface area contributed by atoms with Crippen LogP contribution in [-0.2, 0) is 13.2 Å². The Kier molecular flexibility index (Phi) is 7.11. The molecule has 0 amide bonds. The lowest BCUT2D eigenvalue weighted by atomic mass is 10.2. The highest BCUT2D eigenvalue weighted by Gasteiger charge is 2.14. The lowest BCUT2D eigenvalue weighted by molar-refractivity contribution is 0.102. The summed E-state index contributed by atoms with van der Waals surface area (Å²) in [7, 11) is 1.63. The van der Waals surface area contributed by atoms with Gasteiger partial charge in [0.15, 0.2) is 16.8 Å². The van der Waals surface area contributed by atoms with Gasteiger partial charge in [0.1, 0.15) is 18.1 Å². The normalized spacial score (nSPS) is 10.7. The minimum absolute atomic E-state index is 0.0548. The Hall–Kier alpha value is -2.32. The monoisotopic (exact) mass is 461 g/mol. The van der Waals surface area contributed by atoms with Crippen molar-refractivity contribution in [2.24, 2.45) is 0 Å². The van der Waals surface area contributed by atoms with Crippen LogP contribution in [0.3, 0.4) is 0 Å². The zero-order valence-electron chi connectivity index (χ0n) is 15.6. The van der Waals surface area contributed by atoms with Gasteiger partial charge in [-0.3, -0.25) is 4.79 Å². The van der Waals surface area contributed by atoms with Crippen LogP contribution in [0.1, 0.15) is 23.1 Å². The molecule has 0 fully saturated rings. The van der Waals surface area contributed by atoms with Crippen LogP contribution in [-0.4, -0.2) is 33.4 Å². The van der Waals surface area contributed by atoms with Crippen molar-refractivity contribution < 1.29 is 14.3 Å². The second-order valence-electron chi connectivity index (χ2n) is 5.83. The number of aromatic nitrogens is 3. The molecule has 1 aromatic heterocycles. The van der Waals surface area contributed by atoms with Gasteiger partial charge in [-0.25, -0.2) is 0 Å². The van der Waals surface area contributed by atoms with Gasteiger partial charge in [-0.2, -0.15) is 0 Å². The predicted octanol–water partition coefficient (Wildman–Crippen LogP) is 4.62. The van der Waals surface area contributed by atoms with Crippen LogP contribution in [0.25, 0.3) is 0 Å². The summed E-state index contributed by atoms with van der Waals surface area (Å²) in [6.45, 7) is 3.01. The van der Waals surface area contributed by atoms with Crippen molar-refractivity contribution in [3.8, 4) is 11.5 Å². The Morgan fingerprint density at radius 3 is 2.39 bits per heavy atom. The van der Waals surface area contributed by atoms with Gasteiger partial charge in [0, 0.05) is 16.6 Å². The highest BCUT2D eigenvalue weighted by atomic mass is 79.9. The first-order chi connectivity index (χ1) is 13.6. The molecular formula is C20H20BrN3O3S. The number of ketones is 1. The first kappa shape index (κ1) is 20.4. The van der Waals surface area contributed by atoms with Gasteiger partial charge in [0.05, 0.1) is 12.9 Å². The highest BCUT2D eigenvalue weighted by molar-refractivity contribution is 9.10. The highest BCUT2D eigenvalue weighted by Crippen LogP contribution is 2.21. The maximum Gasteiger partial charge on any atom is 0.191 e. The summed E-state index contributed by atoms with van der Waals surface area (Å²) in [5, 5.41) is 9.16. The van der Waals surface area contributed by atoms with Crippen molar-refractivity contribution >= 4 is 33.5 Å². The maximum atomic E-state index is 12.4. The van der Waals surface area contributed by atoms with E-state index in [2.05, 4.69) is 26.1 Å². The summed E-state index contributed by atoms with van der Waals surface area (Å²) in [6.07, 6.45) is 0. The van der Waals surface area contributed by atoms with E-state index in [0.717, 1.165) is 21.8 Å². The fourth-order valence-electron chi connectivity index (χ4n) is 2.52. The van der Waals surface area contributed by atoms with Gasteiger partial charge in [0.2, 0.25) is 0 Å². The molecule has 0 radical (unpaired) electrons. The molecule has 0 saturated heterocycles. The Morgan fingerprint density at radius 2 is 1.75 bits per heavy atom. The van der Waals surface area contributed by atoms with Gasteiger partial charge < -0.3 is 14.0 Å². The summed E-state index contributed by atoms with van der Waals surface area (Å²) in [4.78, 5) is 12.4. The van der Waals surface area contributed by atoms with Crippen LogP contribution in [0.2, 0.25) is 0 Å². The second-order valence-corrected chi connectivity index (χ2v) is 7.68. The number of carbonyl (C=O) groups is 1. The number of halogens is 1. The fraction of sp³-hybridized carbons (Fsp3) is 0.250. The van der Waals surface area contributed by atoms with E-state index in [9.17, 15) is 4.79 Å². The van der Waals surface area contributed by atoms with E-state index in [4.69, 9.17) is 9.47 Å². The van der Waals surface area contributed by atoms with Crippen molar-refractivity contribution in [2.75, 3.05) is 12.9 Å². The first-order valence-electron chi connectivity index (χ1n) is 8.71. The maximum absolute atomic E-state index is 12.4. The molecule has 0 N–H and O–H groups in total. The molecule has 28 heavy (non-hydrogen) atoms. The molecule has 3 rings (SSSR count). The largest absolute Gasteiger partial charge is 0.497 e. The van der Waals surface area contributed by atoms with E-state index >= 15 is 0 Å². The third-order valence-corrected chi connectivity index (χ3v) is 5.53. The number of nitrogens with zero attached hydrogens (tertiary/aromatic N) is 3. The van der Waals surface area contributed by atoms with E-state index in [1.807, 2.05) is 60.0 Å². The van der Waals surface area contributed by atoms with Crippen molar-refractivity contribution in [3.63, 3.8) is 0 Å². The van der Waals surface area contributed by atoms with E-state index in [1.54, 1.807) is 7.11 Å². The zero-order valence-corrected chi connectivity index (χ0v) is 18.0. The molecule has 0 atom stereocenters. The number of thioether (sulfide) groups is 1. The van der Waals surface area contributed by atoms with Crippen LogP contribution < -0.4 is 9.47 Å². The molecule has 2 aromatic carbocycles. The summed E-state index contributed by atoms with van der Waals surface area (Å²) < 4.78 is 13.8. The Morgan fingerprint density at radius 1 is 1.07 bits per heavy atom. The molecular weight excluding hydrogens is 442 g/mol. The fourth-order valence-corrected chi connectivity index (χ4v) is 3.70. The van der Waals surface area contributed by atoms with Gasteiger partial charge in [0.25, 0.3) is 0 Å². The van der Waals surface area contributed by atoms with E-state index in [0.29, 0.717) is 29.6 Å².